The Hall–Kier alpha value is -2.67. The van der Waals surface area contributed by atoms with E-state index in [0.29, 0.717) is 12.1 Å². The van der Waals surface area contributed by atoms with Crippen LogP contribution in [0.2, 0.25) is 0 Å². The number of hydrogen-bond acceptors (Lipinski definition) is 4. The van der Waals surface area contributed by atoms with Crippen LogP contribution in [-0.4, -0.2) is 26.5 Å². The maximum atomic E-state index is 12.4. The Kier molecular flexibility index (Phi) is 3.87. The first-order valence-corrected chi connectivity index (χ1v) is 7.31. The van der Waals surface area contributed by atoms with Crippen LogP contribution in [0.5, 0.6) is 0 Å². The topological polar surface area (TPSA) is 76.3 Å². The monoisotopic (exact) mass is 314 g/mol. The SMILES string of the molecule is Cn1cc([C@@H]2NC(=O)CN2Cc2ccccc2)c(=O)n(C)c1=O. The standard InChI is InChI=1S/C16H18N4O3/c1-18-9-12(15(22)19(2)16(18)23)14-17-13(21)10-20(14)8-11-6-4-3-5-7-11/h3-7,9,14H,8,10H2,1-2H3,(H,17,21)/t14-/m1/s1. The molecule has 0 radical (unpaired) electrons. The third kappa shape index (κ3) is 2.83. The van der Waals surface area contributed by atoms with Crippen LogP contribution in [0.4, 0.5) is 0 Å². The first-order chi connectivity index (χ1) is 11.0. The van der Waals surface area contributed by atoms with Gasteiger partial charge in [0, 0.05) is 26.8 Å². The molecule has 3 rings (SSSR count). The van der Waals surface area contributed by atoms with Gasteiger partial charge in [0.15, 0.2) is 0 Å². The molecule has 1 N–H and O–H groups in total. The molecule has 0 saturated carbocycles. The van der Waals surface area contributed by atoms with Crippen molar-refractivity contribution in [1.82, 2.24) is 19.4 Å². The summed E-state index contributed by atoms with van der Waals surface area (Å²) >= 11 is 0. The summed E-state index contributed by atoms with van der Waals surface area (Å²) in [7, 11) is 3.02. The Labute approximate surface area is 132 Å². The largest absolute Gasteiger partial charge is 0.335 e. The van der Waals surface area contributed by atoms with Crippen molar-refractivity contribution in [3.05, 3.63) is 68.5 Å². The number of benzene rings is 1. The molecule has 1 saturated heterocycles. The van der Waals surface area contributed by atoms with Gasteiger partial charge in [0.1, 0.15) is 6.17 Å². The maximum absolute atomic E-state index is 12.4. The van der Waals surface area contributed by atoms with Crippen LogP contribution >= 0.6 is 0 Å². The van der Waals surface area contributed by atoms with Crippen LogP contribution in [0.1, 0.15) is 17.3 Å². The first kappa shape index (κ1) is 15.2. The van der Waals surface area contributed by atoms with Gasteiger partial charge in [-0.3, -0.25) is 19.1 Å². The lowest BCUT2D eigenvalue weighted by molar-refractivity contribution is -0.118. The van der Waals surface area contributed by atoms with E-state index in [1.165, 1.54) is 17.8 Å². The fraction of sp³-hybridized carbons (Fsp3) is 0.312. The molecule has 23 heavy (non-hydrogen) atoms. The van der Waals surface area contributed by atoms with Crippen LogP contribution in [-0.2, 0) is 25.4 Å². The number of aryl methyl sites for hydroxylation is 1. The van der Waals surface area contributed by atoms with E-state index in [1.807, 2.05) is 35.2 Å². The van der Waals surface area contributed by atoms with Gasteiger partial charge in [-0.25, -0.2) is 4.79 Å². The Balaban J connectivity index is 1.99. The number of hydrogen-bond donors (Lipinski definition) is 1. The molecule has 2 aromatic rings. The summed E-state index contributed by atoms with van der Waals surface area (Å²) in [4.78, 5) is 38.0. The molecular formula is C16H18N4O3. The normalized spacial score (nSPS) is 18.2. The number of nitrogens with one attached hydrogen (secondary N) is 1. The van der Waals surface area contributed by atoms with Gasteiger partial charge in [-0.1, -0.05) is 30.3 Å². The predicted molar refractivity (Wildman–Crippen MR) is 84.7 cm³/mol. The van der Waals surface area contributed by atoms with Gasteiger partial charge in [0.2, 0.25) is 5.91 Å². The van der Waals surface area contributed by atoms with Crippen molar-refractivity contribution in [2.75, 3.05) is 6.54 Å². The highest BCUT2D eigenvalue weighted by atomic mass is 16.2. The maximum Gasteiger partial charge on any atom is 0.330 e. The first-order valence-electron chi connectivity index (χ1n) is 7.31. The predicted octanol–water partition coefficient (Wildman–Crippen LogP) is -0.285. The van der Waals surface area contributed by atoms with E-state index >= 15 is 0 Å². The minimum absolute atomic E-state index is 0.137. The number of nitrogens with zero attached hydrogens (tertiary/aromatic N) is 3. The highest BCUT2D eigenvalue weighted by Gasteiger charge is 2.33. The third-order valence-corrected chi connectivity index (χ3v) is 4.01. The molecule has 1 aromatic carbocycles. The van der Waals surface area contributed by atoms with Crippen LogP contribution < -0.4 is 16.6 Å². The molecule has 0 aliphatic carbocycles. The van der Waals surface area contributed by atoms with Crippen molar-refractivity contribution in [3.8, 4) is 0 Å². The molecule has 2 heterocycles. The summed E-state index contributed by atoms with van der Waals surface area (Å²) < 4.78 is 2.41. The fourth-order valence-corrected chi connectivity index (χ4v) is 2.83. The molecule has 1 aromatic heterocycles. The minimum Gasteiger partial charge on any atom is -0.335 e. The molecule has 120 valence electrons. The van der Waals surface area contributed by atoms with Gasteiger partial charge < -0.3 is 9.88 Å². The molecule has 1 fully saturated rings. The number of aromatic nitrogens is 2. The molecule has 0 unspecified atom stereocenters. The van der Waals surface area contributed by atoms with Gasteiger partial charge in [0.05, 0.1) is 12.1 Å². The Morgan fingerprint density at radius 2 is 1.83 bits per heavy atom. The summed E-state index contributed by atoms with van der Waals surface area (Å²) in [6, 6.07) is 9.73. The van der Waals surface area contributed by atoms with E-state index in [-0.39, 0.29) is 12.5 Å². The Morgan fingerprint density at radius 1 is 1.13 bits per heavy atom. The molecular weight excluding hydrogens is 296 g/mol. The van der Waals surface area contributed by atoms with Crippen molar-refractivity contribution >= 4 is 5.91 Å². The number of amides is 1. The van der Waals surface area contributed by atoms with Gasteiger partial charge in [-0.2, -0.15) is 0 Å². The summed E-state index contributed by atoms with van der Waals surface area (Å²) in [5.41, 5.74) is 0.656. The lowest BCUT2D eigenvalue weighted by atomic mass is 10.2. The average Bonchev–Trinajstić information content (AvgIpc) is 2.90. The van der Waals surface area contributed by atoms with E-state index in [0.717, 1.165) is 10.1 Å². The fourth-order valence-electron chi connectivity index (χ4n) is 2.83. The second-order valence-electron chi connectivity index (χ2n) is 5.70. The average molecular weight is 314 g/mol. The van der Waals surface area contributed by atoms with Crippen LogP contribution in [0.15, 0.2) is 46.1 Å². The van der Waals surface area contributed by atoms with Crippen molar-refractivity contribution in [2.45, 2.75) is 12.7 Å². The summed E-state index contributed by atoms with van der Waals surface area (Å²) in [6.45, 7) is 0.752. The summed E-state index contributed by atoms with van der Waals surface area (Å²) in [5, 5.41) is 2.81. The van der Waals surface area contributed by atoms with Gasteiger partial charge >= 0.3 is 5.69 Å². The number of rotatable bonds is 3. The smallest absolute Gasteiger partial charge is 0.330 e. The Bertz CT molecular complexity index is 854. The highest BCUT2D eigenvalue weighted by molar-refractivity contribution is 5.80. The third-order valence-electron chi connectivity index (χ3n) is 4.01. The molecule has 1 aliphatic heterocycles. The zero-order valence-corrected chi connectivity index (χ0v) is 13.0. The molecule has 1 aliphatic rings. The molecule has 1 atom stereocenters. The molecule has 1 amide bonds. The van der Waals surface area contributed by atoms with Crippen molar-refractivity contribution in [2.24, 2.45) is 14.1 Å². The quantitative estimate of drug-likeness (QED) is 0.845. The van der Waals surface area contributed by atoms with Gasteiger partial charge in [0.25, 0.3) is 5.56 Å². The summed E-state index contributed by atoms with van der Waals surface area (Å²) in [5.74, 6) is -0.137. The van der Waals surface area contributed by atoms with Crippen LogP contribution in [0, 0.1) is 0 Å². The molecule has 7 nitrogen and oxygen atoms in total. The van der Waals surface area contributed by atoms with Gasteiger partial charge in [-0.05, 0) is 5.56 Å². The van der Waals surface area contributed by atoms with Crippen LogP contribution in [0.3, 0.4) is 0 Å². The van der Waals surface area contributed by atoms with Gasteiger partial charge in [-0.15, -0.1) is 0 Å². The second-order valence-corrected chi connectivity index (χ2v) is 5.70. The zero-order chi connectivity index (χ0) is 16.6. The number of carbonyl (C=O) groups is 1. The van der Waals surface area contributed by atoms with Crippen molar-refractivity contribution < 1.29 is 4.79 Å². The summed E-state index contributed by atoms with van der Waals surface area (Å²) in [6.07, 6.45) is 0.965. The molecule has 0 spiro atoms. The van der Waals surface area contributed by atoms with Crippen molar-refractivity contribution in [1.29, 1.82) is 0 Å². The van der Waals surface area contributed by atoms with E-state index in [4.69, 9.17) is 0 Å². The van der Waals surface area contributed by atoms with E-state index in [1.54, 1.807) is 7.05 Å². The number of carbonyl (C=O) groups excluding carboxylic acids is 1. The minimum atomic E-state index is -0.534. The Morgan fingerprint density at radius 3 is 2.52 bits per heavy atom. The molecule has 7 heteroatoms. The lowest BCUT2D eigenvalue weighted by Crippen LogP contribution is -2.42. The second kappa shape index (κ2) is 5.85. The van der Waals surface area contributed by atoms with E-state index < -0.39 is 17.4 Å². The lowest BCUT2D eigenvalue weighted by Gasteiger charge is -2.23. The molecule has 0 bridgehead atoms. The van der Waals surface area contributed by atoms with Crippen LogP contribution in [0.25, 0.3) is 0 Å². The van der Waals surface area contributed by atoms with E-state index in [2.05, 4.69) is 5.32 Å². The highest BCUT2D eigenvalue weighted by Crippen LogP contribution is 2.21. The van der Waals surface area contributed by atoms with Crippen molar-refractivity contribution in [3.63, 3.8) is 0 Å². The van der Waals surface area contributed by atoms with E-state index in [9.17, 15) is 14.4 Å². The zero-order valence-electron chi connectivity index (χ0n) is 13.0.